The number of aliphatic hydroxyl groups excluding tert-OH is 1. The maximum Gasteiger partial charge on any atom is 0.494 e. The van der Waals surface area contributed by atoms with Gasteiger partial charge in [0.25, 0.3) is 0 Å². The number of aryl methyl sites for hydroxylation is 3. The van der Waals surface area contributed by atoms with E-state index in [1.165, 1.54) is 29.1 Å². The molecule has 23 nitrogen and oxygen atoms in total. The minimum atomic E-state index is -0.754. The summed E-state index contributed by atoms with van der Waals surface area (Å²) in [6.07, 6.45) is 16.1. The van der Waals surface area contributed by atoms with E-state index in [0.717, 1.165) is 125 Å². The average molecular weight is 1850 g/mol. The number of rotatable bonds is 23. The lowest BCUT2D eigenvalue weighted by Gasteiger charge is -2.32. The fraction of sp³-hybridized carbons (Fsp3) is 0.377. The van der Waals surface area contributed by atoms with Crippen LogP contribution in [-0.4, -0.2) is 128 Å². The molecule has 8 unspecified atom stereocenters. The van der Waals surface area contributed by atoms with Gasteiger partial charge in [-0.05, 0) is 280 Å². The van der Waals surface area contributed by atoms with Crippen molar-refractivity contribution in [2.45, 2.75) is 208 Å². The molecule has 5 heterocycles. The second-order valence-corrected chi connectivity index (χ2v) is 38.4. The van der Waals surface area contributed by atoms with E-state index in [2.05, 4.69) is 110 Å². The first-order chi connectivity index (χ1) is 62.0. The molecule has 4 N–H and O–H groups in total. The molecule has 0 amide bonds. The van der Waals surface area contributed by atoms with Crippen LogP contribution in [0.25, 0.3) is 33.4 Å². The number of methoxy groups -OCH3 is 4. The Labute approximate surface area is 778 Å². The zero-order valence-corrected chi connectivity index (χ0v) is 80.1. The molecule has 4 aromatic heterocycles. The highest BCUT2D eigenvalue weighted by atomic mass is 79.9. The van der Waals surface area contributed by atoms with E-state index in [1.807, 2.05) is 200 Å². The van der Waals surface area contributed by atoms with E-state index in [0.29, 0.717) is 31.1 Å². The fourth-order valence-corrected chi connectivity index (χ4v) is 15.2. The zero-order chi connectivity index (χ0) is 95.0. The third-order valence-electron chi connectivity index (χ3n) is 22.9. The fourth-order valence-electron chi connectivity index (χ4n) is 14.8. The Bertz CT molecular complexity index is 5720. The van der Waals surface area contributed by atoms with Crippen molar-refractivity contribution in [2.75, 3.05) is 28.4 Å². The minimum Gasteiger partial charge on any atom is -0.506 e. The molecule has 4 saturated carbocycles. The number of pyridine rings is 4. The molecule has 5 fully saturated rings. The Kier molecular flexibility index (Phi) is 32.8. The van der Waals surface area contributed by atoms with Crippen molar-refractivity contribution >= 4 is 52.4 Å². The van der Waals surface area contributed by atoms with Crippen molar-refractivity contribution in [2.24, 2.45) is 23.7 Å². The van der Waals surface area contributed by atoms with Gasteiger partial charge < -0.3 is 72.4 Å². The second kappa shape index (κ2) is 43.3. The third-order valence-corrected chi connectivity index (χ3v) is 23.3. The largest absolute Gasteiger partial charge is 0.506 e. The summed E-state index contributed by atoms with van der Waals surface area (Å²) in [4.78, 5) is 64.9. The van der Waals surface area contributed by atoms with E-state index in [9.17, 15) is 29.4 Å². The number of carboxylic acids is 1. The highest BCUT2D eigenvalue weighted by Gasteiger charge is 2.54. The predicted molar refractivity (Wildman–Crippen MR) is 509 cm³/mol. The standard InChI is InChI=1S/C28H31NO4.C24H23NO4.C21H31BO5.C20H23NO4.C8H10O.C5H4BrNO/c1-18-6-8-19(9-7-18)17-32-22-12-21(15-29-16-22)20-10-11-26(31-5)24(13-20)23-14-25(23)27(30)33-28(2,3)4;1-15-3-5-16(6-4-15)14-29-19-9-18(12-25-13-19)17-7-8-23(28-2)21(10-17)20-11-22(20)24(26)27;1-19(2,3)25-18(23)16-12-14(16)15-11-13(9-10-17(15)24-8)22-26-20(4,5)21(6,7)27-22;1-20(2,3)25-19(23)17-9-15(17)16-8-12(5-6-18(16)24-4)13-7-14(22)11-21-10-13;1-7-2-4-8(6-9)5-3-7;6-4-1-5(8)3-7-2-4/h6-13,15-16,23,25H,14,17H2,1-5H3;3-10,12-13,20,22H,11,14H2,1-2H3,(H,26,27);9-11,14,16H,12H2,1-8H3;5-8,10-11,15,17,22H,9H2,1-4H3;2-5,9H,6H2,1H3;1-3,8H. The number of carboxylic acid groups (broad SMARTS) is 1. The first kappa shape index (κ1) is 99.4. The number of ether oxygens (including phenoxy) is 9. The monoisotopic (exact) mass is 1840 g/mol. The highest BCUT2D eigenvalue weighted by molar-refractivity contribution is 9.10. The van der Waals surface area contributed by atoms with Gasteiger partial charge in [-0.25, -0.2) is 0 Å². The molecule has 0 radical (unpaired) electrons. The maximum atomic E-state index is 12.5. The SMILES string of the molecule is COc1ccc(-c2cncc(O)c2)cc1C1CC1C(=O)OC(C)(C)C.COc1ccc(-c2cncc(OCc3ccc(C)cc3)c2)cc1C1CC1C(=O)O.COc1ccc(-c2cncc(OCc3ccc(C)cc3)c2)cc1C1CC1C(=O)OC(C)(C)C.COc1ccc(B2OC(C)(C)C(C)(C)O2)cc1C1CC1C(=O)OC(C)(C)C.Cc1ccc(CO)cc1.Oc1cncc(Br)c1. The van der Waals surface area contributed by atoms with E-state index in [-0.39, 0.29) is 83.4 Å². The summed E-state index contributed by atoms with van der Waals surface area (Å²) in [5.74, 6) is 3.13. The summed E-state index contributed by atoms with van der Waals surface area (Å²) in [6.45, 7) is 32.4. The van der Waals surface area contributed by atoms with Crippen molar-refractivity contribution in [3.8, 4) is 79.4 Å². The summed E-state index contributed by atoms with van der Waals surface area (Å²) < 4.78 is 63.7. The lowest BCUT2D eigenvalue weighted by atomic mass is 9.78. The molecular weight excluding hydrogens is 1720 g/mol. The van der Waals surface area contributed by atoms with Gasteiger partial charge in [-0.2, -0.15) is 0 Å². The van der Waals surface area contributed by atoms with Crippen molar-refractivity contribution in [1.82, 2.24) is 19.9 Å². The number of aromatic hydroxyl groups is 2. The normalized spacial score (nSPS) is 18.5. The van der Waals surface area contributed by atoms with Crippen LogP contribution in [0.1, 0.15) is 195 Å². The number of nitrogens with zero attached hydrogens (tertiary/aromatic N) is 4. The maximum absolute atomic E-state index is 12.5. The molecule has 0 bridgehead atoms. The van der Waals surface area contributed by atoms with Crippen LogP contribution in [0.15, 0.2) is 224 Å². The second-order valence-electron chi connectivity index (χ2n) is 37.5. The Balaban J connectivity index is 0.000000159. The van der Waals surface area contributed by atoms with Gasteiger partial charge in [-0.3, -0.25) is 39.1 Å². The molecular formula is C106H122BBrN4O19. The molecule has 25 heteroatoms. The lowest BCUT2D eigenvalue weighted by molar-refractivity contribution is -0.157. The van der Waals surface area contributed by atoms with Crippen molar-refractivity contribution in [1.29, 1.82) is 0 Å². The van der Waals surface area contributed by atoms with Gasteiger partial charge in [0, 0.05) is 69.6 Å². The minimum absolute atomic E-state index is 0.00340. The van der Waals surface area contributed by atoms with Gasteiger partial charge in [-0.1, -0.05) is 120 Å². The first-order valence-electron chi connectivity index (χ1n) is 43.9. The Morgan fingerprint density at radius 1 is 0.397 bits per heavy atom. The molecule has 16 rings (SSSR count). The Morgan fingerprint density at radius 3 is 1.02 bits per heavy atom. The molecule has 131 heavy (non-hydrogen) atoms. The number of carbonyl (C=O) groups is 4. The van der Waals surface area contributed by atoms with Gasteiger partial charge >= 0.3 is 31.0 Å². The van der Waals surface area contributed by atoms with Crippen molar-refractivity contribution < 1.29 is 91.5 Å². The van der Waals surface area contributed by atoms with E-state index < -0.39 is 41.1 Å². The lowest BCUT2D eigenvalue weighted by Crippen LogP contribution is -2.41. The molecule has 1 saturated heterocycles. The number of aromatic nitrogens is 4. The number of carbonyl (C=O) groups excluding carboxylic acids is 3. The predicted octanol–water partition coefficient (Wildman–Crippen LogP) is 21.3. The smallest absolute Gasteiger partial charge is 0.494 e. The quantitative estimate of drug-likeness (QED) is 0.0263. The molecule has 4 aliphatic carbocycles. The number of halogens is 1. The number of hydrogen-bond acceptors (Lipinski definition) is 22. The van der Waals surface area contributed by atoms with Crippen LogP contribution in [0, 0.1) is 44.4 Å². The summed E-state index contributed by atoms with van der Waals surface area (Å²) >= 11 is 3.14. The molecule has 1 aliphatic heterocycles. The highest BCUT2D eigenvalue weighted by Crippen LogP contribution is 2.56. The molecule has 7 aromatic carbocycles. The first-order valence-corrected chi connectivity index (χ1v) is 44.7. The third kappa shape index (κ3) is 28.4. The summed E-state index contributed by atoms with van der Waals surface area (Å²) in [6, 6.07) is 55.2. The van der Waals surface area contributed by atoms with E-state index in [4.69, 9.17) is 62.2 Å². The zero-order valence-electron chi connectivity index (χ0n) is 78.5. The number of benzene rings is 7. The molecule has 0 spiro atoms. The van der Waals surface area contributed by atoms with E-state index in [1.54, 1.807) is 71.6 Å². The van der Waals surface area contributed by atoms with Gasteiger partial charge in [0.2, 0.25) is 0 Å². The summed E-state index contributed by atoms with van der Waals surface area (Å²) in [5, 5.41) is 36.3. The van der Waals surface area contributed by atoms with Gasteiger partial charge in [0.15, 0.2) is 0 Å². The van der Waals surface area contributed by atoms with Crippen molar-refractivity contribution in [3.05, 3.63) is 280 Å². The van der Waals surface area contributed by atoms with Crippen LogP contribution in [-0.2, 0) is 62.5 Å². The van der Waals surface area contributed by atoms with E-state index >= 15 is 0 Å². The Morgan fingerprint density at radius 2 is 0.710 bits per heavy atom. The van der Waals surface area contributed by atoms with Crippen LogP contribution in [0.2, 0.25) is 0 Å². The molecule has 11 aromatic rings. The molecule has 8 atom stereocenters. The number of aliphatic carboxylic acids is 1. The summed E-state index contributed by atoms with van der Waals surface area (Å²) in [5.41, 5.74) is 15.1. The average Bonchev–Trinajstić information content (AvgIpc) is 1.61. The van der Waals surface area contributed by atoms with Gasteiger partial charge in [-0.15, -0.1) is 0 Å². The van der Waals surface area contributed by atoms with Crippen LogP contribution in [0.4, 0.5) is 0 Å². The van der Waals surface area contributed by atoms with Crippen LogP contribution in [0.5, 0.6) is 46.0 Å². The number of esters is 3. The molecule has 690 valence electrons. The van der Waals surface area contributed by atoms with Crippen LogP contribution >= 0.6 is 15.9 Å². The van der Waals surface area contributed by atoms with Crippen LogP contribution in [0.3, 0.4) is 0 Å². The summed E-state index contributed by atoms with van der Waals surface area (Å²) in [7, 11) is 6.11. The molecule has 5 aliphatic rings. The number of aliphatic hydroxyl groups is 1. The van der Waals surface area contributed by atoms with Gasteiger partial charge in [0.05, 0.1) is 94.7 Å². The van der Waals surface area contributed by atoms with Crippen LogP contribution < -0.4 is 33.9 Å². The Hall–Kier alpha value is -12.2. The topological polar surface area (TPSA) is 302 Å². The number of hydrogen-bond donors (Lipinski definition) is 4. The van der Waals surface area contributed by atoms with Gasteiger partial charge in [0.1, 0.15) is 76.0 Å². The van der Waals surface area contributed by atoms with Crippen molar-refractivity contribution in [3.63, 3.8) is 0 Å².